The van der Waals surface area contributed by atoms with Gasteiger partial charge < -0.3 is 9.84 Å². The SMILES string of the molecule is O=[N+]([O-])C1COC(O)CC1c1ccc(Br)cc1. The highest BCUT2D eigenvalue weighted by Crippen LogP contribution is 2.31. The average Bonchev–Trinajstić information content (AvgIpc) is 2.29. The number of ether oxygens (including phenoxy) is 1. The third-order valence-corrected chi connectivity index (χ3v) is 3.48. The van der Waals surface area contributed by atoms with Gasteiger partial charge in [-0.25, -0.2) is 0 Å². The standard InChI is InChI=1S/C11H12BrNO4/c12-8-3-1-7(2-4-8)9-5-11(14)17-6-10(9)13(15)16/h1-4,9-11,14H,5-6H2. The molecule has 3 atom stereocenters. The van der Waals surface area contributed by atoms with Gasteiger partial charge in [-0.2, -0.15) is 0 Å². The lowest BCUT2D eigenvalue weighted by molar-refractivity contribution is -0.538. The van der Waals surface area contributed by atoms with Crippen molar-refractivity contribution in [1.82, 2.24) is 0 Å². The van der Waals surface area contributed by atoms with E-state index >= 15 is 0 Å². The number of rotatable bonds is 2. The predicted octanol–water partition coefficient (Wildman–Crippen LogP) is 1.92. The van der Waals surface area contributed by atoms with E-state index in [1.165, 1.54) is 0 Å². The highest BCUT2D eigenvalue weighted by molar-refractivity contribution is 9.10. The predicted molar refractivity (Wildman–Crippen MR) is 64.2 cm³/mol. The van der Waals surface area contributed by atoms with E-state index in [1.807, 2.05) is 24.3 Å². The maximum atomic E-state index is 10.9. The molecule has 0 aliphatic carbocycles. The Bertz CT molecular complexity index is 408. The Labute approximate surface area is 107 Å². The van der Waals surface area contributed by atoms with Crippen LogP contribution in [0.5, 0.6) is 0 Å². The lowest BCUT2D eigenvalue weighted by Crippen LogP contribution is -2.40. The van der Waals surface area contributed by atoms with Crippen molar-refractivity contribution in [1.29, 1.82) is 0 Å². The summed E-state index contributed by atoms with van der Waals surface area (Å²) < 4.78 is 5.85. The first-order valence-corrected chi connectivity index (χ1v) is 6.06. The van der Waals surface area contributed by atoms with Gasteiger partial charge in [0.25, 0.3) is 0 Å². The molecule has 1 fully saturated rings. The summed E-state index contributed by atoms with van der Waals surface area (Å²) in [5.41, 5.74) is 0.859. The molecule has 0 spiro atoms. The number of aliphatic hydroxyl groups excluding tert-OH is 1. The van der Waals surface area contributed by atoms with E-state index in [0.717, 1.165) is 10.0 Å². The molecule has 0 saturated carbocycles. The number of benzene rings is 1. The van der Waals surface area contributed by atoms with Crippen LogP contribution >= 0.6 is 15.9 Å². The van der Waals surface area contributed by atoms with Crippen LogP contribution in [0.3, 0.4) is 0 Å². The average molecular weight is 302 g/mol. The molecular formula is C11H12BrNO4. The Morgan fingerprint density at radius 3 is 2.65 bits per heavy atom. The molecule has 1 aliphatic rings. The molecule has 1 aliphatic heterocycles. The van der Waals surface area contributed by atoms with Crippen LogP contribution in [0.1, 0.15) is 17.9 Å². The Hall–Kier alpha value is -0.980. The summed E-state index contributed by atoms with van der Waals surface area (Å²) in [4.78, 5) is 10.6. The van der Waals surface area contributed by atoms with Gasteiger partial charge in [0.05, 0.1) is 5.92 Å². The second kappa shape index (κ2) is 5.12. The van der Waals surface area contributed by atoms with Crippen molar-refractivity contribution in [2.24, 2.45) is 0 Å². The zero-order chi connectivity index (χ0) is 12.4. The van der Waals surface area contributed by atoms with Crippen LogP contribution in [0.15, 0.2) is 28.7 Å². The van der Waals surface area contributed by atoms with Crippen LogP contribution in [0.2, 0.25) is 0 Å². The zero-order valence-corrected chi connectivity index (χ0v) is 10.5. The second-order valence-electron chi connectivity index (χ2n) is 4.03. The molecule has 17 heavy (non-hydrogen) atoms. The third-order valence-electron chi connectivity index (χ3n) is 2.95. The van der Waals surface area contributed by atoms with Crippen LogP contribution in [0.25, 0.3) is 0 Å². The van der Waals surface area contributed by atoms with Crippen molar-refractivity contribution < 1.29 is 14.8 Å². The molecule has 0 aromatic heterocycles. The van der Waals surface area contributed by atoms with Crippen molar-refractivity contribution >= 4 is 15.9 Å². The second-order valence-corrected chi connectivity index (χ2v) is 4.95. The molecule has 5 nitrogen and oxygen atoms in total. The minimum atomic E-state index is -0.917. The summed E-state index contributed by atoms with van der Waals surface area (Å²) in [5.74, 6) is -0.304. The maximum Gasteiger partial charge on any atom is 0.243 e. The quantitative estimate of drug-likeness (QED) is 0.669. The van der Waals surface area contributed by atoms with Gasteiger partial charge in [0.2, 0.25) is 6.04 Å². The maximum absolute atomic E-state index is 10.9. The van der Waals surface area contributed by atoms with E-state index in [-0.39, 0.29) is 23.9 Å². The number of aliphatic hydroxyl groups is 1. The van der Waals surface area contributed by atoms with Crippen molar-refractivity contribution in [2.75, 3.05) is 6.61 Å². The number of hydrogen-bond donors (Lipinski definition) is 1. The minimum absolute atomic E-state index is 0.0467. The molecule has 2 rings (SSSR count). The number of hydrogen-bond acceptors (Lipinski definition) is 4. The first-order chi connectivity index (χ1) is 8.08. The van der Waals surface area contributed by atoms with Crippen molar-refractivity contribution in [2.45, 2.75) is 24.7 Å². The fourth-order valence-corrected chi connectivity index (χ4v) is 2.31. The van der Waals surface area contributed by atoms with Gasteiger partial charge in [-0.05, 0) is 17.7 Å². The Morgan fingerprint density at radius 1 is 1.41 bits per heavy atom. The molecule has 6 heteroatoms. The summed E-state index contributed by atoms with van der Waals surface area (Å²) in [6, 6.07) is 6.56. The Balaban J connectivity index is 2.25. The molecule has 0 amide bonds. The minimum Gasteiger partial charge on any atom is -0.368 e. The molecule has 1 heterocycles. The first kappa shape index (κ1) is 12.5. The topological polar surface area (TPSA) is 72.6 Å². The fraction of sp³-hybridized carbons (Fsp3) is 0.455. The van der Waals surface area contributed by atoms with Crippen LogP contribution in [0, 0.1) is 10.1 Å². The smallest absolute Gasteiger partial charge is 0.243 e. The van der Waals surface area contributed by atoms with Crippen molar-refractivity contribution in [3.63, 3.8) is 0 Å². The molecule has 1 saturated heterocycles. The van der Waals surface area contributed by atoms with E-state index in [1.54, 1.807) is 0 Å². The lowest BCUT2D eigenvalue weighted by atomic mass is 9.87. The van der Waals surface area contributed by atoms with E-state index in [9.17, 15) is 15.2 Å². The molecule has 1 aromatic rings. The molecule has 1 N–H and O–H groups in total. The summed E-state index contributed by atoms with van der Waals surface area (Å²) in [7, 11) is 0. The normalized spacial score (nSPS) is 28.9. The van der Waals surface area contributed by atoms with E-state index in [0.29, 0.717) is 0 Å². The van der Waals surface area contributed by atoms with E-state index in [2.05, 4.69) is 15.9 Å². The van der Waals surface area contributed by atoms with Crippen LogP contribution in [-0.4, -0.2) is 29.0 Å². The summed E-state index contributed by atoms with van der Waals surface area (Å²) in [6.07, 6.45) is -0.660. The molecule has 0 bridgehead atoms. The van der Waals surface area contributed by atoms with Crippen molar-refractivity contribution in [3.05, 3.63) is 44.4 Å². The first-order valence-electron chi connectivity index (χ1n) is 5.26. The van der Waals surface area contributed by atoms with E-state index in [4.69, 9.17) is 4.74 Å². The van der Waals surface area contributed by atoms with Gasteiger partial charge in [0.1, 0.15) is 6.61 Å². The molecule has 92 valence electrons. The van der Waals surface area contributed by atoms with Gasteiger partial charge in [-0.15, -0.1) is 0 Å². The van der Waals surface area contributed by atoms with Gasteiger partial charge >= 0.3 is 0 Å². The molecular weight excluding hydrogens is 290 g/mol. The van der Waals surface area contributed by atoms with E-state index < -0.39 is 12.3 Å². The molecule has 1 aromatic carbocycles. The zero-order valence-electron chi connectivity index (χ0n) is 8.95. The lowest BCUT2D eigenvalue weighted by Gasteiger charge is -2.29. The molecule has 0 radical (unpaired) electrons. The Kier molecular flexibility index (Phi) is 3.76. The monoisotopic (exact) mass is 301 g/mol. The molecule has 3 unspecified atom stereocenters. The Morgan fingerprint density at radius 2 is 2.06 bits per heavy atom. The number of nitro groups is 1. The summed E-state index contributed by atoms with van der Waals surface area (Å²) in [5, 5.41) is 20.4. The highest BCUT2D eigenvalue weighted by atomic mass is 79.9. The van der Waals surface area contributed by atoms with Crippen LogP contribution in [-0.2, 0) is 4.74 Å². The third kappa shape index (κ3) is 2.83. The largest absolute Gasteiger partial charge is 0.368 e. The van der Waals surface area contributed by atoms with Gasteiger partial charge in [0.15, 0.2) is 6.29 Å². The van der Waals surface area contributed by atoms with Crippen LogP contribution < -0.4 is 0 Å². The van der Waals surface area contributed by atoms with Gasteiger partial charge in [0, 0.05) is 15.8 Å². The van der Waals surface area contributed by atoms with Gasteiger partial charge in [-0.1, -0.05) is 28.1 Å². The summed E-state index contributed by atoms with van der Waals surface area (Å²) >= 11 is 3.32. The van der Waals surface area contributed by atoms with Crippen molar-refractivity contribution in [3.8, 4) is 0 Å². The number of nitrogens with zero attached hydrogens (tertiary/aromatic N) is 1. The van der Waals surface area contributed by atoms with Crippen LogP contribution in [0.4, 0.5) is 0 Å². The van der Waals surface area contributed by atoms with Gasteiger partial charge in [-0.3, -0.25) is 10.1 Å². The fourth-order valence-electron chi connectivity index (χ4n) is 2.04. The number of halogens is 1. The highest BCUT2D eigenvalue weighted by Gasteiger charge is 2.39. The summed E-state index contributed by atoms with van der Waals surface area (Å²) in [6.45, 7) is -0.0467.